The summed E-state index contributed by atoms with van der Waals surface area (Å²) in [6, 6.07) is 61.0. The largest absolute Gasteiger partial charge is 0.458 e. The van der Waals surface area contributed by atoms with Crippen LogP contribution in [0.15, 0.2) is 194 Å². The van der Waals surface area contributed by atoms with E-state index in [0.717, 1.165) is 39.6 Å². The normalized spacial score (nSPS) is 20.3. The van der Waals surface area contributed by atoms with Crippen molar-refractivity contribution in [3.8, 4) is 11.8 Å². The highest BCUT2D eigenvalue weighted by Crippen LogP contribution is 2.47. The number of esters is 1. The first-order valence-electron chi connectivity index (χ1n) is 27.1. The van der Waals surface area contributed by atoms with Gasteiger partial charge in [-0.25, -0.2) is 17.5 Å². The number of β-lactam (4-membered cyclic amide) rings is 1. The molecule has 0 bridgehead atoms. The number of ether oxygens (including phenoxy) is 6. The molecule has 1 amide bonds. The zero-order valence-corrected chi connectivity index (χ0v) is 45.8. The van der Waals surface area contributed by atoms with Crippen molar-refractivity contribution in [2.24, 2.45) is 5.92 Å². The van der Waals surface area contributed by atoms with Gasteiger partial charge in [-0.05, 0) is 101 Å². The summed E-state index contributed by atoms with van der Waals surface area (Å²) in [5.74, 6) is 5.42. The molecule has 1 N–H and O–H groups in total. The van der Waals surface area contributed by atoms with Gasteiger partial charge in [0.05, 0.1) is 51.2 Å². The van der Waals surface area contributed by atoms with E-state index in [2.05, 4.69) is 16.6 Å². The maximum absolute atomic E-state index is 14.4. The first-order chi connectivity index (χ1) is 38.9. The molecule has 0 radical (unpaired) electrons. The average Bonchev–Trinajstić information content (AvgIpc) is 3.55. The summed E-state index contributed by atoms with van der Waals surface area (Å²) in [4.78, 5) is 28.5. The van der Waals surface area contributed by atoms with E-state index in [9.17, 15) is 22.4 Å². The Labute approximate surface area is 469 Å². The second kappa shape index (κ2) is 28.2. The fourth-order valence-electron chi connectivity index (χ4n) is 10.2. The van der Waals surface area contributed by atoms with Gasteiger partial charge < -0.3 is 33.3 Å². The standard InChI is InChI=1S/C66H67FN2O10S/c1-47(70)78-59(54-32-34-56(67)35-33-54)40-38-58-62(69(66(58)71)57-36-27-48(28-37-57)24-15-41-68-80(2,72)73)55-30-25-49(26-31-55)29-39-60-63(75-43-51-18-9-4-10-19-51)65(77-45-53-22-13-6-14-23-53)64(76-44-52-20-11-5-12-21-52)61(79-60)46-74-42-50-16-7-3-8-17-50/h3-14,16-23,25-28,30-37,58-65,68H,15,24,38,40-46H2,1-2H3/t58?,59-,60?,61+,62+,63-,64+,65+/m0/s1. The highest BCUT2D eigenvalue weighted by Gasteiger charge is 2.50. The molecule has 2 heterocycles. The van der Waals surface area contributed by atoms with Crippen molar-refractivity contribution in [2.75, 3.05) is 24.3 Å². The number of aryl methyl sites for hydroxylation is 1. The number of nitrogens with zero attached hydrogens (tertiary/aromatic N) is 1. The molecule has 14 heteroatoms. The highest BCUT2D eigenvalue weighted by molar-refractivity contribution is 7.88. The van der Waals surface area contributed by atoms with Crippen LogP contribution in [-0.2, 0) is 80.9 Å². The minimum Gasteiger partial charge on any atom is -0.458 e. The Morgan fingerprint density at radius 1 is 0.662 bits per heavy atom. The number of carbonyl (C=O) groups excluding carboxylic acids is 2. The minimum absolute atomic E-state index is 0.0852. The van der Waals surface area contributed by atoms with Crippen LogP contribution in [0.2, 0.25) is 0 Å². The second-order valence-corrected chi connectivity index (χ2v) is 22.0. The van der Waals surface area contributed by atoms with Gasteiger partial charge in [-0.1, -0.05) is 170 Å². The van der Waals surface area contributed by atoms with E-state index in [4.69, 9.17) is 28.4 Å². The predicted molar refractivity (Wildman–Crippen MR) is 305 cm³/mol. The Hall–Kier alpha value is -7.32. The first kappa shape index (κ1) is 57.4. The lowest BCUT2D eigenvalue weighted by atomic mass is 9.78. The summed E-state index contributed by atoms with van der Waals surface area (Å²) in [6.07, 6.45) is -0.996. The van der Waals surface area contributed by atoms with Crippen LogP contribution in [-0.4, -0.2) is 70.2 Å². The van der Waals surface area contributed by atoms with Crippen LogP contribution >= 0.6 is 0 Å². The lowest BCUT2D eigenvalue weighted by molar-refractivity contribution is -0.261. The van der Waals surface area contributed by atoms with Crippen molar-refractivity contribution in [3.63, 3.8) is 0 Å². The van der Waals surface area contributed by atoms with Crippen molar-refractivity contribution in [2.45, 2.75) is 102 Å². The number of benzene rings is 7. The summed E-state index contributed by atoms with van der Waals surface area (Å²) in [5, 5.41) is 0. The van der Waals surface area contributed by atoms with Crippen LogP contribution in [0.1, 0.15) is 82.8 Å². The van der Waals surface area contributed by atoms with Crippen LogP contribution in [0.25, 0.3) is 0 Å². The van der Waals surface area contributed by atoms with Gasteiger partial charge in [0, 0.05) is 24.7 Å². The van der Waals surface area contributed by atoms with Gasteiger partial charge in [0.2, 0.25) is 15.9 Å². The Kier molecular flexibility index (Phi) is 20.2. The zero-order chi connectivity index (χ0) is 55.7. The van der Waals surface area contributed by atoms with E-state index in [-0.39, 0.29) is 31.8 Å². The van der Waals surface area contributed by atoms with Crippen molar-refractivity contribution >= 4 is 27.6 Å². The summed E-state index contributed by atoms with van der Waals surface area (Å²) < 4.78 is 79.6. The number of halogens is 1. The van der Waals surface area contributed by atoms with E-state index >= 15 is 0 Å². The van der Waals surface area contributed by atoms with Gasteiger partial charge in [0.15, 0.2) is 0 Å². The van der Waals surface area contributed by atoms with Crippen LogP contribution in [0.3, 0.4) is 0 Å². The number of anilines is 1. The first-order valence-corrected chi connectivity index (χ1v) is 29.0. The highest BCUT2D eigenvalue weighted by atomic mass is 32.2. The van der Waals surface area contributed by atoms with Gasteiger partial charge in [-0.15, -0.1) is 0 Å². The maximum Gasteiger partial charge on any atom is 0.303 e. The van der Waals surface area contributed by atoms with E-state index in [1.807, 2.05) is 170 Å². The molecular weight excluding hydrogens is 1030 g/mol. The molecule has 2 aliphatic rings. The lowest BCUT2D eigenvalue weighted by Gasteiger charge is -2.48. The van der Waals surface area contributed by atoms with Crippen molar-refractivity contribution in [1.82, 2.24) is 4.72 Å². The van der Waals surface area contributed by atoms with E-state index in [1.54, 1.807) is 17.0 Å². The molecule has 0 spiro atoms. The smallest absolute Gasteiger partial charge is 0.303 e. The molecule has 2 saturated heterocycles. The molecule has 0 aromatic heterocycles. The van der Waals surface area contributed by atoms with Gasteiger partial charge in [0.1, 0.15) is 42.4 Å². The molecule has 0 saturated carbocycles. The number of sulfonamides is 1. The molecule has 9 rings (SSSR count). The lowest BCUT2D eigenvalue weighted by Crippen LogP contribution is -2.60. The van der Waals surface area contributed by atoms with Crippen LogP contribution in [0.4, 0.5) is 10.1 Å². The van der Waals surface area contributed by atoms with Crippen molar-refractivity contribution < 1.29 is 50.8 Å². The third-order valence-corrected chi connectivity index (χ3v) is 14.9. The number of amides is 1. The molecule has 12 nitrogen and oxygen atoms in total. The van der Waals surface area contributed by atoms with Crippen LogP contribution < -0.4 is 9.62 Å². The topological polar surface area (TPSA) is 139 Å². The van der Waals surface area contributed by atoms with Gasteiger partial charge in [-0.2, -0.15) is 0 Å². The molecule has 7 aromatic rings. The number of hydrogen-bond acceptors (Lipinski definition) is 10. The number of hydrogen-bond donors (Lipinski definition) is 1. The van der Waals surface area contributed by atoms with E-state index in [1.165, 1.54) is 19.1 Å². The molecule has 7 aromatic carbocycles. The molecule has 2 unspecified atom stereocenters. The quantitative estimate of drug-likeness (QED) is 0.0255. The van der Waals surface area contributed by atoms with E-state index < -0.39 is 64.4 Å². The van der Waals surface area contributed by atoms with Gasteiger partial charge in [-0.3, -0.25) is 9.59 Å². The maximum atomic E-state index is 14.4. The van der Waals surface area contributed by atoms with Gasteiger partial charge >= 0.3 is 5.97 Å². The number of rotatable bonds is 25. The third kappa shape index (κ3) is 16.2. The second-order valence-electron chi connectivity index (χ2n) is 20.2. The summed E-state index contributed by atoms with van der Waals surface area (Å²) in [7, 11) is -3.30. The fourth-order valence-corrected chi connectivity index (χ4v) is 10.7. The Balaban J connectivity index is 1.01. The summed E-state index contributed by atoms with van der Waals surface area (Å²) in [6.45, 7) is 3.05. The van der Waals surface area contributed by atoms with E-state index in [0.29, 0.717) is 62.3 Å². The Morgan fingerprint density at radius 3 is 1.75 bits per heavy atom. The number of nitrogens with one attached hydrogen (secondary N) is 1. The third-order valence-electron chi connectivity index (χ3n) is 14.2. The van der Waals surface area contributed by atoms with Crippen molar-refractivity contribution in [1.29, 1.82) is 0 Å². The molecule has 8 atom stereocenters. The fraction of sp³-hybridized carbons (Fsp3) is 0.303. The molecule has 80 heavy (non-hydrogen) atoms. The Bertz CT molecular complexity index is 3240. The minimum atomic E-state index is -3.30. The summed E-state index contributed by atoms with van der Waals surface area (Å²) in [5.41, 5.74) is 7.91. The summed E-state index contributed by atoms with van der Waals surface area (Å²) >= 11 is 0. The SMILES string of the molecule is CC(=O)O[C@@H](CCC1C(=O)N(c2ccc(CCCNS(C)(=O)=O)cc2)[C@@H]1c1ccc(C#CC2O[C@H](COCc3ccccc3)[C@@H](OCc3ccccc3)[C@H](OCc3ccccc3)[C@H]2OCc2ccccc2)cc1)c1ccc(F)cc1. The molecular formula is C66H67FN2O10S. The monoisotopic (exact) mass is 1100 g/mol. The number of carbonyl (C=O) groups is 2. The average molecular weight is 1100 g/mol. The van der Waals surface area contributed by atoms with Crippen LogP contribution in [0, 0.1) is 23.6 Å². The van der Waals surface area contributed by atoms with Gasteiger partial charge in [0.25, 0.3) is 0 Å². The molecule has 0 aliphatic carbocycles. The zero-order valence-electron chi connectivity index (χ0n) is 45.0. The van der Waals surface area contributed by atoms with Crippen LogP contribution in [0.5, 0.6) is 0 Å². The van der Waals surface area contributed by atoms with Crippen molar-refractivity contribution in [3.05, 3.63) is 244 Å². The predicted octanol–water partition coefficient (Wildman–Crippen LogP) is 11.2. The molecule has 2 aliphatic heterocycles. The molecule has 2 fully saturated rings. The Morgan fingerprint density at radius 2 is 1.20 bits per heavy atom. The molecule has 414 valence electrons.